The lowest BCUT2D eigenvalue weighted by Crippen LogP contribution is -2.04. The molecule has 0 radical (unpaired) electrons. The Labute approximate surface area is 115 Å². The highest BCUT2D eigenvalue weighted by Crippen LogP contribution is 2.43. The van der Waals surface area contributed by atoms with Gasteiger partial charge in [0.1, 0.15) is 11.5 Å². The molecule has 2 aromatic rings. The van der Waals surface area contributed by atoms with Crippen LogP contribution < -0.4 is 15.2 Å². The van der Waals surface area contributed by atoms with Crippen LogP contribution in [0.5, 0.6) is 11.5 Å². The molecule has 0 saturated heterocycles. The van der Waals surface area contributed by atoms with Crippen LogP contribution in [0.1, 0.15) is 19.9 Å². The summed E-state index contributed by atoms with van der Waals surface area (Å²) in [7, 11) is 0. The Kier molecular flexibility index (Phi) is 2.78. The SMILES string of the molecule is CC(C)n1cnc(-c2cc(Cl)c3c(c2)OCO3)c1N. The van der Waals surface area contributed by atoms with E-state index in [4.69, 9.17) is 26.8 Å². The molecule has 1 aliphatic heterocycles. The van der Waals surface area contributed by atoms with E-state index in [1.165, 1.54) is 0 Å². The molecule has 2 heterocycles. The predicted octanol–water partition coefficient (Wildman–Crippen LogP) is 3.10. The van der Waals surface area contributed by atoms with Gasteiger partial charge in [-0.05, 0) is 26.0 Å². The van der Waals surface area contributed by atoms with Crippen LogP contribution in [-0.4, -0.2) is 16.3 Å². The van der Waals surface area contributed by atoms with Crippen LogP contribution in [0.3, 0.4) is 0 Å². The maximum absolute atomic E-state index is 6.17. The predicted molar refractivity (Wildman–Crippen MR) is 73.6 cm³/mol. The fourth-order valence-electron chi connectivity index (χ4n) is 2.11. The number of benzene rings is 1. The molecule has 0 aliphatic carbocycles. The number of imidazole rings is 1. The van der Waals surface area contributed by atoms with E-state index in [0.29, 0.717) is 28.0 Å². The molecule has 0 amide bonds. The first kappa shape index (κ1) is 12.2. The Balaban J connectivity index is 2.10. The average Bonchev–Trinajstić information content (AvgIpc) is 2.94. The van der Waals surface area contributed by atoms with Crippen molar-refractivity contribution in [2.45, 2.75) is 19.9 Å². The molecule has 0 atom stereocenters. The van der Waals surface area contributed by atoms with Crippen LogP contribution >= 0.6 is 11.6 Å². The van der Waals surface area contributed by atoms with E-state index in [2.05, 4.69) is 18.8 Å². The van der Waals surface area contributed by atoms with Gasteiger partial charge in [-0.1, -0.05) is 11.6 Å². The zero-order valence-electron chi connectivity index (χ0n) is 10.7. The highest BCUT2D eigenvalue weighted by atomic mass is 35.5. The van der Waals surface area contributed by atoms with Crippen molar-refractivity contribution in [3.63, 3.8) is 0 Å². The van der Waals surface area contributed by atoms with E-state index in [0.717, 1.165) is 5.56 Å². The highest BCUT2D eigenvalue weighted by molar-refractivity contribution is 6.32. The summed E-state index contributed by atoms with van der Waals surface area (Å²) in [6.45, 7) is 4.29. The number of aromatic nitrogens is 2. The first-order valence-electron chi connectivity index (χ1n) is 5.99. The Morgan fingerprint density at radius 3 is 2.84 bits per heavy atom. The molecule has 5 nitrogen and oxygen atoms in total. The lowest BCUT2D eigenvalue weighted by atomic mass is 10.1. The number of nitrogens with zero attached hydrogens (tertiary/aromatic N) is 2. The lowest BCUT2D eigenvalue weighted by Gasteiger charge is -2.09. The Morgan fingerprint density at radius 1 is 1.37 bits per heavy atom. The molecular weight excluding hydrogens is 266 g/mol. The number of nitrogen functional groups attached to an aromatic ring is 1. The summed E-state index contributed by atoms with van der Waals surface area (Å²) in [6.07, 6.45) is 1.73. The first-order valence-corrected chi connectivity index (χ1v) is 6.37. The molecular formula is C13H14ClN3O2. The topological polar surface area (TPSA) is 62.3 Å². The summed E-state index contributed by atoms with van der Waals surface area (Å²) in [4.78, 5) is 4.36. The van der Waals surface area contributed by atoms with Crippen molar-refractivity contribution < 1.29 is 9.47 Å². The molecule has 0 unspecified atom stereocenters. The normalized spacial score (nSPS) is 13.3. The number of rotatable bonds is 2. The molecule has 0 spiro atoms. The molecule has 0 bridgehead atoms. The number of ether oxygens (including phenoxy) is 2. The van der Waals surface area contributed by atoms with Gasteiger partial charge in [-0.25, -0.2) is 4.98 Å². The summed E-state index contributed by atoms with van der Waals surface area (Å²) in [5.41, 5.74) is 7.64. The van der Waals surface area contributed by atoms with Crippen molar-refractivity contribution in [2.75, 3.05) is 12.5 Å². The number of anilines is 1. The van der Waals surface area contributed by atoms with E-state index < -0.39 is 0 Å². The van der Waals surface area contributed by atoms with Crippen molar-refractivity contribution in [3.8, 4) is 22.8 Å². The van der Waals surface area contributed by atoms with Crippen LogP contribution in [0.25, 0.3) is 11.3 Å². The highest BCUT2D eigenvalue weighted by Gasteiger charge is 2.21. The monoisotopic (exact) mass is 279 g/mol. The Morgan fingerprint density at radius 2 is 2.16 bits per heavy atom. The molecule has 1 aromatic carbocycles. The van der Waals surface area contributed by atoms with Gasteiger partial charge < -0.3 is 19.8 Å². The molecule has 1 aromatic heterocycles. The fraction of sp³-hybridized carbons (Fsp3) is 0.308. The standard InChI is InChI=1S/C13H14ClN3O2/c1-7(2)17-5-16-11(13(17)15)8-3-9(14)12-10(4-8)18-6-19-12/h3-5,7H,6,15H2,1-2H3. The van der Waals surface area contributed by atoms with Crippen molar-refractivity contribution in [1.82, 2.24) is 9.55 Å². The maximum Gasteiger partial charge on any atom is 0.231 e. The van der Waals surface area contributed by atoms with Crippen LogP contribution in [-0.2, 0) is 0 Å². The van der Waals surface area contributed by atoms with E-state index in [9.17, 15) is 0 Å². The Hall–Kier alpha value is -1.88. The lowest BCUT2D eigenvalue weighted by molar-refractivity contribution is 0.174. The summed E-state index contributed by atoms with van der Waals surface area (Å²) < 4.78 is 12.5. The minimum absolute atomic E-state index is 0.189. The number of hydrogen-bond donors (Lipinski definition) is 1. The molecule has 3 rings (SSSR count). The first-order chi connectivity index (χ1) is 9.08. The van der Waals surface area contributed by atoms with Crippen molar-refractivity contribution >= 4 is 17.4 Å². The van der Waals surface area contributed by atoms with Crippen molar-refractivity contribution in [1.29, 1.82) is 0 Å². The number of hydrogen-bond acceptors (Lipinski definition) is 4. The van der Waals surface area contributed by atoms with Crippen molar-refractivity contribution in [3.05, 3.63) is 23.5 Å². The van der Waals surface area contributed by atoms with Crippen LogP contribution in [0.2, 0.25) is 5.02 Å². The third-order valence-electron chi connectivity index (χ3n) is 3.09. The van der Waals surface area contributed by atoms with Crippen LogP contribution in [0.4, 0.5) is 5.82 Å². The van der Waals surface area contributed by atoms with Gasteiger partial charge in [0.15, 0.2) is 11.5 Å². The smallest absolute Gasteiger partial charge is 0.231 e. The number of nitrogens with two attached hydrogens (primary N) is 1. The fourth-order valence-corrected chi connectivity index (χ4v) is 2.37. The Bertz CT molecular complexity index is 637. The van der Waals surface area contributed by atoms with E-state index >= 15 is 0 Å². The molecule has 0 saturated carbocycles. The van der Waals surface area contributed by atoms with Gasteiger partial charge in [0, 0.05) is 11.6 Å². The van der Waals surface area contributed by atoms with E-state index in [-0.39, 0.29) is 12.8 Å². The molecule has 2 N–H and O–H groups in total. The quantitative estimate of drug-likeness (QED) is 0.917. The summed E-state index contributed by atoms with van der Waals surface area (Å²) in [5.74, 6) is 1.82. The second-order valence-electron chi connectivity index (χ2n) is 4.67. The summed E-state index contributed by atoms with van der Waals surface area (Å²) >= 11 is 6.17. The maximum atomic E-state index is 6.17. The molecule has 0 fully saturated rings. The number of halogens is 1. The van der Waals surface area contributed by atoms with Crippen LogP contribution in [0, 0.1) is 0 Å². The van der Waals surface area contributed by atoms with E-state index in [1.807, 2.05) is 10.6 Å². The van der Waals surface area contributed by atoms with E-state index in [1.54, 1.807) is 12.4 Å². The van der Waals surface area contributed by atoms with Gasteiger partial charge in [0.25, 0.3) is 0 Å². The second kappa shape index (κ2) is 4.35. The number of fused-ring (bicyclic) bond motifs is 1. The molecule has 19 heavy (non-hydrogen) atoms. The van der Waals surface area contributed by atoms with Gasteiger partial charge in [-0.15, -0.1) is 0 Å². The summed E-state index contributed by atoms with van der Waals surface area (Å²) in [6, 6.07) is 3.89. The zero-order valence-corrected chi connectivity index (χ0v) is 11.4. The largest absolute Gasteiger partial charge is 0.454 e. The van der Waals surface area contributed by atoms with Gasteiger partial charge >= 0.3 is 0 Å². The third-order valence-corrected chi connectivity index (χ3v) is 3.37. The van der Waals surface area contributed by atoms with Gasteiger partial charge in [-0.2, -0.15) is 0 Å². The minimum Gasteiger partial charge on any atom is -0.454 e. The zero-order chi connectivity index (χ0) is 13.6. The van der Waals surface area contributed by atoms with Gasteiger partial charge in [-0.3, -0.25) is 0 Å². The minimum atomic E-state index is 0.189. The third kappa shape index (κ3) is 1.90. The molecule has 6 heteroatoms. The second-order valence-corrected chi connectivity index (χ2v) is 5.08. The molecule has 1 aliphatic rings. The molecule has 100 valence electrons. The van der Waals surface area contributed by atoms with Crippen LogP contribution in [0.15, 0.2) is 18.5 Å². The van der Waals surface area contributed by atoms with Gasteiger partial charge in [0.2, 0.25) is 6.79 Å². The van der Waals surface area contributed by atoms with Gasteiger partial charge in [0.05, 0.1) is 11.3 Å². The summed E-state index contributed by atoms with van der Waals surface area (Å²) in [5, 5.41) is 0.503. The average molecular weight is 280 g/mol. The van der Waals surface area contributed by atoms with Crippen molar-refractivity contribution in [2.24, 2.45) is 0 Å².